The lowest BCUT2D eigenvalue weighted by atomic mass is 10.0. The highest BCUT2D eigenvalue weighted by atomic mass is 16.6. The molecule has 3 atom stereocenters. The topological polar surface area (TPSA) is 66.8 Å². The van der Waals surface area contributed by atoms with Gasteiger partial charge in [0.25, 0.3) is 0 Å². The number of carbonyl (C=O) groups is 1. The smallest absolute Gasteiger partial charge is 0.314 e. The summed E-state index contributed by atoms with van der Waals surface area (Å²) in [7, 11) is 0. The van der Waals surface area contributed by atoms with Crippen LogP contribution in [0.1, 0.15) is 6.92 Å². The number of hydrogen-bond acceptors (Lipinski definition) is 4. The molecule has 4 heteroatoms. The number of esters is 1. The van der Waals surface area contributed by atoms with Gasteiger partial charge in [0.2, 0.25) is 0 Å². The van der Waals surface area contributed by atoms with Crippen LogP contribution in [0.5, 0.6) is 0 Å². The Kier molecular flexibility index (Phi) is 1.92. The van der Waals surface area contributed by atoms with Gasteiger partial charge in [0, 0.05) is 0 Å². The minimum Gasteiger partial charge on any atom is -0.460 e. The summed E-state index contributed by atoms with van der Waals surface area (Å²) in [5.74, 6) is -1.25. The minimum absolute atomic E-state index is 0.343. The lowest BCUT2D eigenvalue weighted by Gasteiger charge is -2.07. The molecule has 0 spiro atoms. The van der Waals surface area contributed by atoms with Gasteiger partial charge in [-0.1, -0.05) is 0 Å². The molecule has 1 heterocycles. The fraction of sp³-hybridized carbons (Fsp3) is 0.833. The molecule has 0 aromatic heterocycles. The van der Waals surface area contributed by atoms with Crippen molar-refractivity contribution in [3.8, 4) is 0 Å². The van der Waals surface area contributed by atoms with E-state index in [0.717, 1.165) is 0 Å². The van der Waals surface area contributed by atoms with E-state index in [1.807, 2.05) is 0 Å². The minimum atomic E-state index is -0.850. The number of aliphatic hydroxyl groups is 2. The van der Waals surface area contributed by atoms with E-state index in [9.17, 15) is 4.79 Å². The van der Waals surface area contributed by atoms with E-state index in [0.29, 0.717) is 0 Å². The first-order valence-corrected chi connectivity index (χ1v) is 3.16. The van der Waals surface area contributed by atoms with Crippen LogP contribution in [0.3, 0.4) is 0 Å². The molecule has 0 aromatic carbocycles. The van der Waals surface area contributed by atoms with E-state index in [1.165, 1.54) is 0 Å². The molecule has 0 bridgehead atoms. The molecule has 2 N–H and O–H groups in total. The quantitative estimate of drug-likeness (QED) is 0.461. The predicted molar refractivity (Wildman–Crippen MR) is 32.1 cm³/mol. The lowest BCUT2D eigenvalue weighted by molar-refractivity contribution is -0.144. The highest BCUT2D eigenvalue weighted by Crippen LogP contribution is 2.20. The van der Waals surface area contributed by atoms with Gasteiger partial charge in [0.05, 0.1) is 6.61 Å². The van der Waals surface area contributed by atoms with Gasteiger partial charge in [-0.05, 0) is 6.92 Å². The fourth-order valence-electron chi connectivity index (χ4n) is 0.989. The van der Waals surface area contributed by atoms with E-state index in [-0.39, 0.29) is 6.61 Å². The van der Waals surface area contributed by atoms with E-state index < -0.39 is 24.1 Å². The molecule has 1 aliphatic heterocycles. The van der Waals surface area contributed by atoms with E-state index in [1.54, 1.807) is 6.92 Å². The fourth-order valence-corrected chi connectivity index (χ4v) is 0.989. The largest absolute Gasteiger partial charge is 0.460 e. The SMILES string of the molecule is C[C@@H]1OC(=O)[C@H](CO)[C@@H]1O. The third-order valence-electron chi connectivity index (χ3n) is 1.69. The molecule has 1 aliphatic rings. The first kappa shape index (κ1) is 7.50. The summed E-state index contributed by atoms with van der Waals surface area (Å²) < 4.78 is 4.63. The molecule has 1 saturated heterocycles. The zero-order chi connectivity index (χ0) is 7.72. The number of cyclic esters (lactones) is 1. The maximum absolute atomic E-state index is 10.7. The number of ether oxygens (including phenoxy) is 1. The maximum atomic E-state index is 10.7. The van der Waals surface area contributed by atoms with Crippen LogP contribution in [-0.2, 0) is 9.53 Å². The molecule has 0 aliphatic carbocycles. The summed E-state index contributed by atoms with van der Waals surface area (Å²) in [6, 6.07) is 0. The maximum Gasteiger partial charge on any atom is 0.314 e. The average molecular weight is 146 g/mol. The summed E-state index contributed by atoms with van der Waals surface area (Å²) in [4.78, 5) is 10.7. The van der Waals surface area contributed by atoms with Crippen LogP contribution in [0, 0.1) is 5.92 Å². The van der Waals surface area contributed by atoms with Crippen LogP contribution in [0.2, 0.25) is 0 Å². The summed E-state index contributed by atoms with van der Waals surface area (Å²) in [6.45, 7) is 1.25. The molecule has 58 valence electrons. The van der Waals surface area contributed by atoms with Gasteiger partial charge >= 0.3 is 5.97 Å². The van der Waals surface area contributed by atoms with Crippen molar-refractivity contribution in [2.24, 2.45) is 5.92 Å². The van der Waals surface area contributed by atoms with Crippen molar-refractivity contribution >= 4 is 5.97 Å². The summed E-state index contributed by atoms with van der Waals surface area (Å²) in [5, 5.41) is 17.7. The Morgan fingerprint density at radius 3 is 2.50 bits per heavy atom. The van der Waals surface area contributed by atoms with Crippen molar-refractivity contribution in [3.63, 3.8) is 0 Å². The normalized spacial score (nSPS) is 39.9. The van der Waals surface area contributed by atoms with Crippen molar-refractivity contribution in [1.82, 2.24) is 0 Å². The molecular formula is C6H10O4. The molecule has 1 rings (SSSR count). The Hall–Kier alpha value is -0.610. The summed E-state index contributed by atoms with van der Waals surface area (Å²) >= 11 is 0. The number of aliphatic hydroxyl groups excluding tert-OH is 2. The Morgan fingerprint density at radius 2 is 2.30 bits per heavy atom. The average Bonchev–Trinajstić information content (AvgIpc) is 2.09. The van der Waals surface area contributed by atoms with Gasteiger partial charge in [0.1, 0.15) is 18.1 Å². The number of rotatable bonds is 1. The highest BCUT2D eigenvalue weighted by Gasteiger charge is 2.40. The Labute approximate surface area is 58.4 Å². The second kappa shape index (κ2) is 2.56. The first-order valence-electron chi connectivity index (χ1n) is 3.16. The molecular weight excluding hydrogens is 136 g/mol. The number of carbonyl (C=O) groups excluding carboxylic acids is 1. The number of hydrogen-bond donors (Lipinski definition) is 2. The molecule has 0 unspecified atom stereocenters. The van der Waals surface area contributed by atoms with Crippen LogP contribution in [0.15, 0.2) is 0 Å². The zero-order valence-electron chi connectivity index (χ0n) is 5.65. The van der Waals surface area contributed by atoms with Gasteiger partial charge in [0.15, 0.2) is 0 Å². The Morgan fingerprint density at radius 1 is 1.70 bits per heavy atom. The van der Waals surface area contributed by atoms with E-state index in [4.69, 9.17) is 10.2 Å². The van der Waals surface area contributed by atoms with Gasteiger partial charge in [-0.3, -0.25) is 4.79 Å². The Balaban J connectivity index is 2.64. The van der Waals surface area contributed by atoms with Gasteiger partial charge < -0.3 is 14.9 Å². The van der Waals surface area contributed by atoms with E-state index >= 15 is 0 Å². The summed E-state index contributed by atoms with van der Waals surface area (Å²) in [6.07, 6.45) is -1.33. The van der Waals surface area contributed by atoms with Crippen molar-refractivity contribution in [2.75, 3.05) is 6.61 Å². The monoisotopic (exact) mass is 146 g/mol. The van der Waals surface area contributed by atoms with Gasteiger partial charge in [-0.15, -0.1) is 0 Å². The molecule has 0 aromatic rings. The van der Waals surface area contributed by atoms with Crippen LogP contribution in [0.25, 0.3) is 0 Å². The van der Waals surface area contributed by atoms with Crippen LogP contribution < -0.4 is 0 Å². The van der Waals surface area contributed by atoms with Crippen LogP contribution in [0.4, 0.5) is 0 Å². The zero-order valence-corrected chi connectivity index (χ0v) is 5.65. The highest BCUT2D eigenvalue weighted by molar-refractivity contribution is 5.75. The van der Waals surface area contributed by atoms with E-state index in [2.05, 4.69) is 4.74 Å². The molecule has 1 fully saturated rings. The second-order valence-corrected chi connectivity index (χ2v) is 2.42. The molecule has 0 saturated carbocycles. The van der Waals surface area contributed by atoms with Crippen molar-refractivity contribution in [2.45, 2.75) is 19.1 Å². The van der Waals surface area contributed by atoms with Gasteiger partial charge in [-0.25, -0.2) is 0 Å². The van der Waals surface area contributed by atoms with Crippen LogP contribution in [-0.4, -0.2) is 35.0 Å². The lowest BCUT2D eigenvalue weighted by Crippen LogP contribution is -2.27. The van der Waals surface area contributed by atoms with Crippen molar-refractivity contribution in [1.29, 1.82) is 0 Å². The van der Waals surface area contributed by atoms with Gasteiger partial charge in [-0.2, -0.15) is 0 Å². The third kappa shape index (κ3) is 0.998. The third-order valence-corrected chi connectivity index (χ3v) is 1.69. The Bertz CT molecular complexity index is 145. The molecule has 0 amide bonds. The standard InChI is InChI=1S/C6H10O4/c1-3-5(8)4(2-7)6(9)10-3/h3-5,7-8H,2H2,1H3/t3-,4+,5+/m0/s1. The first-order chi connectivity index (χ1) is 4.66. The molecule has 0 radical (unpaired) electrons. The predicted octanol–water partition coefficient (Wildman–Crippen LogP) is -1.10. The molecule has 10 heavy (non-hydrogen) atoms. The van der Waals surface area contributed by atoms with Crippen molar-refractivity contribution < 1.29 is 19.7 Å². The molecule has 4 nitrogen and oxygen atoms in total. The van der Waals surface area contributed by atoms with Crippen molar-refractivity contribution in [3.05, 3.63) is 0 Å². The van der Waals surface area contributed by atoms with Crippen LogP contribution >= 0.6 is 0 Å². The summed E-state index contributed by atoms with van der Waals surface area (Å²) in [5.41, 5.74) is 0. The second-order valence-electron chi connectivity index (χ2n) is 2.42.